The summed E-state index contributed by atoms with van der Waals surface area (Å²) in [5, 5.41) is 0. The molecule has 1 unspecified atom stereocenters. The van der Waals surface area contributed by atoms with Crippen LogP contribution >= 0.6 is 53.1 Å². The summed E-state index contributed by atoms with van der Waals surface area (Å²) in [7, 11) is 3.63. The van der Waals surface area contributed by atoms with Gasteiger partial charge in [0.1, 0.15) is 28.8 Å². The zero-order valence-electron chi connectivity index (χ0n) is 14.0. The average molecular weight is 568 g/mol. The Morgan fingerprint density at radius 3 is 2.79 bits per heavy atom. The topological polar surface area (TPSA) is 18.5 Å². The molecule has 3 rings (SSSR count). The Morgan fingerprint density at radius 1 is 1.25 bits per heavy atom. The minimum atomic E-state index is 0.392. The third-order valence-corrected chi connectivity index (χ3v) is 8.17. The van der Waals surface area contributed by atoms with E-state index in [-0.39, 0.29) is 0 Å². The second kappa shape index (κ2) is 8.77. The molecule has 0 spiro atoms. The maximum atomic E-state index is 5.64. The van der Waals surface area contributed by atoms with Gasteiger partial charge in [-0.1, -0.05) is 26.6 Å². The van der Waals surface area contributed by atoms with Crippen molar-refractivity contribution in [1.82, 2.24) is 0 Å². The first kappa shape index (κ1) is 19.0. The van der Waals surface area contributed by atoms with Gasteiger partial charge in [-0.25, -0.2) is 0 Å². The van der Waals surface area contributed by atoms with E-state index in [1.54, 1.807) is 23.2 Å². The van der Waals surface area contributed by atoms with E-state index >= 15 is 0 Å². The van der Waals surface area contributed by atoms with Gasteiger partial charge >= 0.3 is 0 Å². The molecule has 1 aromatic carbocycles. The van der Waals surface area contributed by atoms with Gasteiger partial charge in [0.15, 0.2) is 0 Å². The fourth-order valence-electron chi connectivity index (χ4n) is 3.92. The fourth-order valence-corrected chi connectivity index (χ4v) is 6.34. The van der Waals surface area contributed by atoms with E-state index in [4.69, 9.17) is 7.80 Å². The van der Waals surface area contributed by atoms with Gasteiger partial charge in [0.25, 0.3) is 0 Å². The predicted molar refractivity (Wildman–Crippen MR) is 119 cm³/mol. The lowest BCUT2D eigenvalue weighted by Gasteiger charge is -2.26. The summed E-state index contributed by atoms with van der Waals surface area (Å²) in [5.41, 5.74) is 6.11. The van der Waals surface area contributed by atoms with E-state index in [9.17, 15) is 0 Å². The van der Waals surface area contributed by atoms with Crippen molar-refractivity contribution in [3.8, 4) is 5.75 Å². The number of ether oxygens (including phenoxy) is 1. The molecular weight excluding hydrogens is 546 g/mol. The van der Waals surface area contributed by atoms with Crippen LogP contribution in [-0.4, -0.2) is 13.2 Å². The molecule has 2 aliphatic carbocycles. The van der Waals surface area contributed by atoms with Gasteiger partial charge in [-0.05, 0) is 78.7 Å². The molecule has 1 aromatic rings. The van der Waals surface area contributed by atoms with Crippen molar-refractivity contribution < 1.29 is 7.80 Å². The second-order valence-corrected chi connectivity index (χ2v) is 9.01. The monoisotopic (exact) mass is 568 g/mol. The highest BCUT2D eigenvalue weighted by molar-refractivity contribution is 14.2. The number of hydrogen-bond donors (Lipinski definition) is 0. The maximum Gasteiger partial charge on any atom is 0.119 e. The Kier molecular flexibility index (Phi) is 6.96. The Hall–Kier alpha value is 0.270. The van der Waals surface area contributed by atoms with Gasteiger partial charge in [-0.3, -0.25) is 0 Å². The molecule has 0 radical (unpaired) electrons. The van der Waals surface area contributed by atoms with E-state index in [1.165, 1.54) is 24.0 Å². The predicted octanol–water partition coefficient (Wildman–Crippen LogP) is 6.83. The van der Waals surface area contributed by atoms with Gasteiger partial charge in [0.05, 0.1) is 13.2 Å². The Bertz CT molecular complexity index is 669. The van der Waals surface area contributed by atoms with Gasteiger partial charge in [0.2, 0.25) is 0 Å². The van der Waals surface area contributed by atoms with Crippen LogP contribution < -0.4 is 4.74 Å². The summed E-state index contributed by atoms with van der Waals surface area (Å²) in [6, 6.07) is 8.45. The van der Waals surface area contributed by atoms with Crippen LogP contribution in [0.15, 0.2) is 45.9 Å². The average Bonchev–Trinajstić information content (AvgIpc) is 3.03. The summed E-state index contributed by atoms with van der Waals surface area (Å²) in [6.45, 7) is 2.31. The van der Waals surface area contributed by atoms with E-state index in [2.05, 4.69) is 69.3 Å². The zero-order valence-corrected chi connectivity index (χ0v) is 19.1. The van der Waals surface area contributed by atoms with Crippen LogP contribution in [-0.2, 0) is 9.49 Å². The van der Waals surface area contributed by atoms with Crippen molar-refractivity contribution in [1.29, 1.82) is 0 Å². The van der Waals surface area contributed by atoms with E-state index < -0.39 is 0 Å². The standard InChI is InChI=1S/C19H22I2O2S/c1-12-17(7-6-13-4-3-5-15(8-13)22-2)18-11-16(23-20)9-14(18)10-19(12)24-21/h3-5,8,14,16H,6-7,9-11H2,1-2H3/t14?,16-/m1/s1. The molecule has 5 heteroatoms. The Labute approximate surface area is 175 Å². The summed E-state index contributed by atoms with van der Waals surface area (Å²) in [6.07, 6.45) is 6.05. The minimum absolute atomic E-state index is 0.392. The summed E-state index contributed by atoms with van der Waals surface area (Å²) in [4.78, 5) is 1.55. The van der Waals surface area contributed by atoms with E-state index in [1.807, 2.05) is 15.0 Å². The number of benzene rings is 1. The number of methoxy groups -OCH3 is 1. The van der Waals surface area contributed by atoms with Crippen LogP contribution in [0.25, 0.3) is 0 Å². The van der Waals surface area contributed by atoms with Gasteiger partial charge in [-0.15, -0.1) is 0 Å². The van der Waals surface area contributed by atoms with Crippen molar-refractivity contribution in [2.45, 2.75) is 45.1 Å². The lowest BCUT2D eigenvalue weighted by atomic mass is 9.83. The SMILES string of the molecule is COc1cccc(CCC2=C3C[C@H](OI)CC3CC(SI)=C2C)c1. The quantitative estimate of drug-likeness (QED) is 0.351. The molecule has 0 aromatic heterocycles. The van der Waals surface area contributed by atoms with Crippen LogP contribution in [0, 0.1) is 5.92 Å². The molecule has 0 amide bonds. The van der Waals surface area contributed by atoms with Gasteiger partial charge in [-0.2, -0.15) is 0 Å². The van der Waals surface area contributed by atoms with Gasteiger partial charge < -0.3 is 7.80 Å². The van der Waals surface area contributed by atoms with Crippen molar-refractivity contribution in [3.63, 3.8) is 0 Å². The highest BCUT2D eigenvalue weighted by atomic mass is 127. The molecule has 0 N–H and O–H groups in total. The number of allylic oxidation sites excluding steroid dienone is 3. The molecular formula is C19H22I2O2S. The number of halogens is 2. The molecule has 24 heavy (non-hydrogen) atoms. The maximum absolute atomic E-state index is 5.64. The van der Waals surface area contributed by atoms with E-state index in [0.717, 1.165) is 25.0 Å². The first-order valence-electron chi connectivity index (χ1n) is 8.27. The third kappa shape index (κ3) is 4.15. The molecule has 0 saturated heterocycles. The van der Waals surface area contributed by atoms with Crippen LogP contribution in [0.5, 0.6) is 5.75 Å². The minimum Gasteiger partial charge on any atom is -0.497 e. The van der Waals surface area contributed by atoms with Crippen LogP contribution in [0.4, 0.5) is 0 Å². The summed E-state index contributed by atoms with van der Waals surface area (Å²) >= 11 is 4.51. The Morgan fingerprint density at radius 2 is 2.08 bits per heavy atom. The number of fused-ring (bicyclic) bond motifs is 1. The zero-order chi connectivity index (χ0) is 17.1. The molecule has 0 aliphatic heterocycles. The van der Waals surface area contributed by atoms with Crippen molar-refractivity contribution in [2.75, 3.05) is 7.11 Å². The highest BCUT2D eigenvalue weighted by Gasteiger charge is 2.35. The Balaban J connectivity index is 1.83. The van der Waals surface area contributed by atoms with Gasteiger partial charge in [0, 0.05) is 21.2 Å². The second-order valence-electron chi connectivity index (χ2n) is 6.53. The fraction of sp³-hybridized carbons (Fsp3) is 0.474. The smallest absolute Gasteiger partial charge is 0.119 e. The van der Waals surface area contributed by atoms with Crippen LogP contribution in [0.2, 0.25) is 0 Å². The largest absolute Gasteiger partial charge is 0.497 e. The normalized spacial score (nSPS) is 23.7. The number of hydrogen-bond acceptors (Lipinski definition) is 3. The molecule has 2 nitrogen and oxygen atoms in total. The first-order valence-corrected chi connectivity index (χ1v) is 12.5. The van der Waals surface area contributed by atoms with E-state index in [0.29, 0.717) is 12.0 Å². The molecule has 1 saturated carbocycles. The van der Waals surface area contributed by atoms with Crippen molar-refractivity contribution >= 4 is 53.1 Å². The number of rotatable bonds is 6. The van der Waals surface area contributed by atoms with Crippen molar-refractivity contribution in [3.05, 3.63) is 51.5 Å². The summed E-state index contributed by atoms with van der Waals surface area (Å²) in [5.74, 6) is 1.63. The third-order valence-electron chi connectivity index (χ3n) is 5.20. The molecule has 0 bridgehead atoms. The molecule has 130 valence electrons. The van der Waals surface area contributed by atoms with Crippen LogP contribution in [0.3, 0.4) is 0 Å². The van der Waals surface area contributed by atoms with Crippen LogP contribution in [0.1, 0.15) is 38.2 Å². The molecule has 1 fully saturated rings. The lowest BCUT2D eigenvalue weighted by molar-refractivity contribution is 0.284. The molecule has 2 aliphatic rings. The number of aryl methyl sites for hydroxylation is 1. The highest BCUT2D eigenvalue weighted by Crippen LogP contribution is 2.50. The summed E-state index contributed by atoms with van der Waals surface area (Å²) < 4.78 is 11.0. The molecule has 0 heterocycles. The first-order chi connectivity index (χ1) is 11.7. The lowest BCUT2D eigenvalue weighted by Crippen LogP contribution is -2.10. The van der Waals surface area contributed by atoms with Crippen molar-refractivity contribution in [2.24, 2.45) is 5.92 Å². The molecule has 2 atom stereocenters.